The molecule has 3 rings (SSSR count). The Balaban J connectivity index is 1.74. The van der Waals surface area contributed by atoms with E-state index in [0.717, 1.165) is 28.0 Å². The number of methoxy groups -OCH3 is 2. The molecule has 0 spiro atoms. The summed E-state index contributed by atoms with van der Waals surface area (Å²) in [5.74, 6) is 1.21. The van der Waals surface area contributed by atoms with Crippen LogP contribution in [0.1, 0.15) is 23.0 Å². The first-order valence-electron chi connectivity index (χ1n) is 7.76. The fraction of sp³-hybridized carbons (Fsp3) is 0.158. The number of aromatic nitrogens is 1. The smallest absolute Gasteiger partial charge is 0.287 e. The molecule has 0 unspecified atom stereocenters. The second-order valence-electron chi connectivity index (χ2n) is 5.50. The number of hydrogen-bond acceptors (Lipinski definition) is 4. The average molecular weight is 337 g/mol. The lowest BCUT2D eigenvalue weighted by Gasteiger charge is -2.03. The van der Waals surface area contributed by atoms with Crippen molar-refractivity contribution in [1.29, 1.82) is 0 Å². The van der Waals surface area contributed by atoms with Crippen molar-refractivity contribution in [2.24, 2.45) is 5.10 Å². The fourth-order valence-corrected chi connectivity index (χ4v) is 2.45. The molecular formula is C19H19N3O3. The van der Waals surface area contributed by atoms with Crippen LogP contribution in [0.25, 0.3) is 10.9 Å². The predicted octanol–water partition coefficient (Wildman–Crippen LogP) is 3.34. The highest BCUT2D eigenvalue weighted by molar-refractivity contribution is 6.02. The highest BCUT2D eigenvalue weighted by Gasteiger charge is 2.10. The highest BCUT2D eigenvalue weighted by Crippen LogP contribution is 2.21. The van der Waals surface area contributed by atoms with Gasteiger partial charge in [-0.2, -0.15) is 5.10 Å². The van der Waals surface area contributed by atoms with Crippen LogP contribution in [0, 0.1) is 0 Å². The molecule has 2 N–H and O–H groups in total. The minimum atomic E-state index is -0.303. The van der Waals surface area contributed by atoms with Gasteiger partial charge < -0.3 is 14.5 Å². The van der Waals surface area contributed by atoms with Crippen LogP contribution in [-0.2, 0) is 0 Å². The van der Waals surface area contributed by atoms with Gasteiger partial charge in [0.2, 0.25) is 0 Å². The summed E-state index contributed by atoms with van der Waals surface area (Å²) < 4.78 is 10.3. The minimum Gasteiger partial charge on any atom is -0.497 e. The van der Waals surface area contributed by atoms with Crippen molar-refractivity contribution in [3.63, 3.8) is 0 Å². The van der Waals surface area contributed by atoms with Gasteiger partial charge in [0.05, 0.1) is 19.9 Å². The molecule has 0 aliphatic carbocycles. The zero-order valence-electron chi connectivity index (χ0n) is 14.3. The maximum atomic E-state index is 12.3. The Kier molecular flexibility index (Phi) is 4.70. The first kappa shape index (κ1) is 16.6. The third kappa shape index (κ3) is 3.63. The van der Waals surface area contributed by atoms with E-state index in [1.807, 2.05) is 49.4 Å². The van der Waals surface area contributed by atoms with Gasteiger partial charge in [-0.1, -0.05) is 0 Å². The first-order chi connectivity index (χ1) is 12.1. The third-order valence-corrected chi connectivity index (χ3v) is 3.91. The van der Waals surface area contributed by atoms with Crippen molar-refractivity contribution in [1.82, 2.24) is 10.4 Å². The molecular weight excluding hydrogens is 318 g/mol. The molecule has 0 saturated carbocycles. The molecule has 1 aromatic heterocycles. The molecule has 0 bridgehead atoms. The van der Waals surface area contributed by atoms with E-state index in [1.165, 1.54) is 0 Å². The number of hydrazone groups is 1. The summed E-state index contributed by atoms with van der Waals surface area (Å²) in [6.45, 7) is 1.83. The molecule has 6 nitrogen and oxygen atoms in total. The van der Waals surface area contributed by atoms with Gasteiger partial charge in [0.1, 0.15) is 17.2 Å². The van der Waals surface area contributed by atoms with Crippen molar-refractivity contribution in [3.8, 4) is 11.5 Å². The predicted molar refractivity (Wildman–Crippen MR) is 97.5 cm³/mol. The van der Waals surface area contributed by atoms with Crippen LogP contribution in [0.15, 0.2) is 53.6 Å². The summed E-state index contributed by atoms with van der Waals surface area (Å²) in [7, 11) is 3.23. The maximum Gasteiger partial charge on any atom is 0.287 e. The van der Waals surface area contributed by atoms with Crippen LogP contribution >= 0.6 is 0 Å². The summed E-state index contributed by atoms with van der Waals surface area (Å²) >= 11 is 0. The summed E-state index contributed by atoms with van der Waals surface area (Å²) in [5.41, 5.74) is 5.48. The number of aromatic amines is 1. The molecule has 0 aliphatic heterocycles. The molecule has 0 aliphatic rings. The molecule has 128 valence electrons. The molecule has 6 heteroatoms. The highest BCUT2D eigenvalue weighted by atomic mass is 16.5. The normalized spacial score (nSPS) is 11.4. The molecule has 1 amide bonds. The van der Waals surface area contributed by atoms with Crippen LogP contribution in [0.5, 0.6) is 11.5 Å². The summed E-state index contributed by atoms with van der Waals surface area (Å²) in [6.07, 6.45) is 0. The number of fused-ring (bicyclic) bond motifs is 1. The van der Waals surface area contributed by atoms with Crippen LogP contribution in [-0.4, -0.2) is 30.8 Å². The Hall–Kier alpha value is -3.28. The number of H-pyrrole nitrogens is 1. The topological polar surface area (TPSA) is 75.7 Å². The largest absolute Gasteiger partial charge is 0.497 e. The van der Waals surface area contributed by atoms with E-state index in [4.69, 9.17) is 9.47 Å². The first-order valence-corrected chi connectivity index (χ1v) is 7.76. The standard InChI is InChI=1S/C19H19N3O3/c1-12(13-4-6-15(24-2)7-5-13)21-22-19(23)18-11-14-10-16(25-3)8-9-17(14)20-18/h4-11,20H,1-3H3,(H,22,23)/b21-12-. The lowest BCUT2D eigenvalue weighted by molar-refractivity contribution is 0.0950. The van der Waals surface area contributed by atoms with Gasteiger partial charge in [0, 0.05) is 10.9 Å². The SMILES string of the molecule is COc1ccc(/C(C)=N\NC(=O)c2cc3cc(OC)ccc3[nH]2)cc1. The fourth-order valence-electron chi connectivity index (χ4n) is 2.45. The number of amides is 1. The zero-order valence-corrected chi connectivity index (χ0v) is 14.3. The van der Waals surface area contributed by atoms with Crippen molar-refractivity contribution in [2.75, 3.05) is 14.2 Å². The minimum absolute atomic E-state index is 0.303. The van der Waals surface area contributed by atoms with Crippen LogP contribution in [0.3, 0.4) is 0 Å². The van der Waals surface area contributed by atoms with E-state index in [2.05, 4.69) is 15.5 Å². The van der Waals surface area contributed by atoms with E-state index in [1.54, 1.807) is 20.3 Å². The van der Waals surface area contributed by atoms with Gasteiger partial charge >= 0.3 is 0 Å². The van der Waals surface area contributed by atoms with E-state index in [-0.39, 0.29) is 5.91 Å². The number of carbonyl (C=O) groups excluding carboxylic acids is 1. The van der Waals surface area contributed by atoms with Crippen LogP contribution in [0.4, 0.5) is 0 Å². The molecule has 25 heavy (non-hydrogen) atoms. The maximum absolute atomic E-state index is 12.3. The lowest BCUT2D eigenvalue weighted by Crippen LogP contribution is -2.19. The number of nitrogens with zero attached hydrogens (tertiary/aromatic N) is 1. The van der Waals surface area contributed by atoms with E-state index in [0.29, 0.717) is 11.4 Å². The Morgan fingerprint density at radius 2 is 1.68 bits per heavy atom. The summed E-state index contributed by atoms with van der Waals surface area (Å²) in [4.78, 5) is 15.4. The molecule has 0 radical (unpaired) electrons. The number of rotatable bonds is 5. The van der Waals surface area contributed by atoms with Gasteiger partial charge in [0.25, 0.3) is 5.91 Å². The molecule has 0 fully saturated rings. The van der Waals surface area contributed by atoms with Gasteiger partial charge in [-0.15, -0.1) is 0 Å². The van der Waals surface area contributed by atoms with Crippen molar-refractivity contribution in [2.45, 2.75) is 6.92 Å². The number of benzene rings is 2. The zero-order chi connectivity index (χ0) is 17.8. The van der Waals surface area contributed by atoms with Crippen molar-refractivity contribution < 1.29 is 14.3 Å². The number of hydrogen-bond donors (Lipinski definition) is 2. The number of ether oxygens (including phenoxy) is 2. The van der Waals surface area contributed by atoms with Gasteiger partial charge in [-0.05, 0) is 61.0 Å². The van der Waals surface area contributed by atoms with Crippen molar-refractivity contribution in [3.05, 3.63) is 59.8 Å². The molecule has 3 aromatic rings. The van der Waals surface area contributed by atoms with Crippen molar-refractivity contribution >= 4 is 22.5 Å². The van der Waals surface area contributed by atoms with E-state index < -0.39 is 0 Å². The number of nitrogens with one attached hydrogen (secondary N) is 2. The Bertz CT molecular complexity index is 927. The van der Waals surface area contributed by atoms with Crippen LogP contribution < -0.4 is 14.9 Å². The van der Waals surface area contributed by atoms with E-state index >= 15 is 0 Å². The Labute approximate surface area is 145 Å². The lowest BCUT2D eigenvalue weighted by atomic mass is 10.1. The van der Waals surface area contributed by atoms with E-state index in [9.17, 15) is 4.79 Å². The Morgan fingerprint density at radius 3 is 2.36 bits per heavy atom. The molecule has 1 heterocycles. The molecule has 2 aromatic carbocycles. The number of carbonyl (C=O) groups is 1. The summed E-state index contributed by atoms with van der Waals surface area (Å²) in [6, 6.07) is 14.8. The molecule has 0 saturated heterocycles. The second kappa shape index (κ2) is 7.09. The second-order valence-corrected chi connectivity index (χ2v) is 5.50. The van der Waals surface area contributed by atoms with Gasteiger partial charge in [-0.25, -0.2) is 5.43 Å². The Morgan fingerprint density at radius 1 is 1.00 bits per heavy atom. The van der Waals surface area contributed by atoms with Gasteiger partial charge in [0.15, 0.2) is 0 Å². The average Bonchev–Trinajstić information content (AvgIpc) is 3.09. The third-order valence-electron chi connectivity index (χ3n) is 3.91. The molecule has 0 atom stereocenters. The van der Waals surface area contributed by atoms with Crippen LogP contribution in [0.2, 0.25) is 0 Å². The van der Waals surface area contributed by atoms with Gasteiger partial charge in [-0.3, -0.25) is 4.79 Å². The summed E-state index contributed by atoms with van der Waals surface area (Å²) in [5, 5.41) is 5.06. The quantitative estimate of drug-likeness (QED) is 0.554. The monoisotopic (exact) mass is 337 g/mol.